The first-order valence-corrected chi connectivity index (χ1v) is 9.22. The smallest absolute Gasteiger partial charge is 0.227 e. The SMILES string of the molecule is CN(CCc1ccncc1)c1nccc(Nc2ccc(C(C)(C)C)cc2)n1. The third kappa shape index (κ3) is 5.26. The van der Waals surface area contributed by atoms with Crippen molar-refractivity contribution in [3.63, 3.8) is 0 Å². The first-order chi connectivity index (χ1) is 12.9. The fourth-order valence-corrected chi connectivity index (χ4v) is 2.75. The molecule has 0 unspecified atom stereocenters. The molecule has 0 aliphatic carbocycles. The number of hydrogen-bond acceptors (Lipinski definition) is 5. The highest BCUT2D eigenvalue weighted by atomic mass is 15.2. The number of benzene rings is 1. The van der Waals surface area contributed by atoms with Gasteiger partial charge in [-0.2, -0.15) is 4.98 Å². The van der Waals surface area contributed by atoms with Gasteiger partial charge in [0.2, 0.25) is 5.95 Å². The van der Waals surface area contributed by atoms with Gasteiger partial charge in [0.1, 0.15) is 5.82 Å². The molecule has 2 heterocycles. The van der Waals surface area contributed by atoms with Crippen LogP contribution < -0.4 is 10.2 Å². The molecule has 1 N–H and O–H groups in total. The fraction of sp³-hybridized carbons (Fsp3) is 0.318. The molecule has 0 atom stereocenters. The Morgan fingerprint density at radius 1 is 0.926 bits per heavy atom. The van der Waals surface area contributed by atoms with Gasteiger partial charge in [-0.15, -0.1) is 0 Å². The summed E-state index contributed by atoms with van der Waals surface area (Å²) in [6.07, 6.45) is 6.36. The molecule has 27 heavy (non-hydrogen) atoms. The first-order valence-electron chi connectivity index (χ1n) is 9.22. The molecule has 1 aromatic carbocycles. The van der Waals surface area contributed by atoms with Crippen molar-refractivity contribution >= 4 is 17.5 Å². The van der Waals surface area contributed by atoms with Crippen LogP contribution >= 0.6 is 0 Å². The third-order valence-electron chi connectivity index (χ3n) is 4.49. The molecule has 0 aliphatic rings. The van der Waals surface area contributed by atoms with Gasteiger partial charge in [0.05, 0.1) is 0 Å². The lowest BCUT2D eigenvalue weighted by Gasteiger charge is -2.19. The van der Waals surface area contributed by atoms with Gasteiger partial charge in [0.25, 0.3) is 0 Å². The highest BCUT2D eigenvalue weighted by Crippen LogP contribution is 2.24. The second-order valence-corrected chi connectivity index (χ2v) is 7.72. The Kier molecular flexibility index (Phi) is 5.69. The van der Waals surface area contributed by atoms with Crippen LogP contribution in [-0.4, -0.2) is 28.5 Å². The average molecular weight is 361 g/mol. The van der Waals surface area contributed by atoms with Crippen molar-refractivity contribution in [2.75, 3.05) is 23.8 Å². The van der Waals surface area contributed by atoms with E-state index in [0.717, 1.165) is 24.5 Å². The van der Waals surface area contributed by atoms with Crippen LogP contribution in [0.3, 0.4) is 0 Å². The largest absolute Gasteiger partial charge is 0.343 e. The third-order valence-corrected chi connectivity index (χ3v) is 4.49. The second-order valence-electron chi connectivity index (χ2n) is 7.72. The quantitative estimate of drug-likeness (QED) is 0.696. The van der Waals surface area contributed by atoms with Crippen molar-refractivity contribution in [2.45, 2.75) is 32.6 Å². The lowest BCUT2D eigenvalue weighted by Crippen LogP contribution is -2.22. The first kappa shape index (κ1) is 18.8. The van der Waals surface area contributed by atoms with Crippen LogP contribution in [0.25, 0.3) is 0 Å². The van der Waals surface area contributed by atoms with E-state index in [-0.39, 0.29) is 5.41 Å². The minimum atomic E-state index is 0.151. The number of rotatable bonds is 6. The molecule has 0 radical (unpaired) electrons. The summed E-state index contributed by atoms with van der Waals surface area (Å²) in [6.45, 7) is 7.49. The van der Waals surface area contributed by atoms with Crippen molar-refractivity contribution in [1.82, 2.24) is 15.0 Å². The molecule has 0 bridgehead atoms. The molecule has 5 heteroatoms. The van der Waals surface area contributed by atoms with E-state index < -0.39 is 0 Å². The molecule has 0 saturated heterocycles. The standard InChI is InChI=1S/C22H27N5/c1-22(2,3)18-5-7-19(8-6-18)25-20-11-15-24-21(26-20)27(4)16-12-17-9-13-23-14-10-17/h5-11,13-15H,12,16H2,1-4H3,(H,24,25,26). The van der Waals surface area contributed by atoms with E-state index in [0.29, 0.717) is 5.95 Å². The summed E-state index contributed by atoms with van der Waals surface area (Å²) in [5.41, 5.74) is 3.74. The van der Waals surface area contributed by atoms with Gasteiger partial charge >= 0.3 is 0 Å². The molecular weight excluding hydrogens is 334 g/mol. The number of aromatic nitrogens is 3. The molecule has 140 valence electrons. The lowest BCUT2D eigenvalue weighted by molar-refractivity contribution is 0.590. The maximum Gasteiger partial charge on any atom is 0.227 e. The average Bonchev–Trinajstić information content (AvgIpc) is 2.67. The van der Waals surface area contributed by atoms with Gasteiger partial charge < -0.3 is 10.2 Å². The number of pyridine rings is 1. The number of nitrogens with zero attached hydrogens (tertiary/aromatic N) is 4. The summed E-state index contributed by atoms with van der Waals surface area (Å²) in [5, 5.41) is 3.37. The summed E-state index contributed by atoms with van der Waals surface area (Å²) < 4.78 is 0. The Balaban J connectivity index is 1.64. The predicted molar refractivity (Wildman–Crippen MR) is 112 cm³/mol. The van der Waals surface area contributed by atoms with Crippen LogP contribution in [0.15, 0.2) is 61.1 Å². The Morgan fingerprint density at radius 2 is 1.63 bits per heavy atom. The minimum Gasteiger partial charge on any atom is -0.343 e. The molecule has 0 aliphatic heterocycles. The predicted octanol–water partition coefficient (Wildman–Crippen LogP) is 4.59. The van der Waals surface area contributed by atoms with E-state index in [9.17, 15) is 0 Å². The molecule has 0 amide bonds. The highest BCUT2D eigenvalue weighted by Gasteiger charge is 2.13. The van der Waals surface area contributed by atoms with Gasteiger partial charge in [-0.1, -0.05) is 32.9 Å². The molecule has 0 fully saturated rings. The van der Waals surface area contributed by atoms with Gasteiger partial charge in [0.15, 0.2) is 0 Å². The van der Waals surface area contributed by atoms with Crippen LogP contribution in [0.1, 0.15) is 31.9 Å². The van der Waals surface area contributed by atoms with E-state index in [4.69, 9.17) is 0 Å². The van der Waals surface area contributed by atoms with Crippen LogP contribution in [0.2, 0.25) is 0 Å². The molecule has 2 aromatic heterocycles. The fourth-order valence-electron chi connectivity index (χ4n) is 2.75. The van der Waals surface area contributed by atoms with Gasteiger partial charge in [-0.05, 0) is 53.3 Å². The zero-order valence-electron chi connectivity index (χ0n) is 16.5. The van der Waals surface area contributed by atoms with E-state index in [1.165, 1.54) is 11.1 Å². The normalized spacial score (nSPS) is 11.3. The maximum atomic E-state index is 4.64. The van der Waals surface area contributed by atoms with Gasteiger partial charge in [-0.3, -0.25) is 4.98 Å². The Bertz CT molecular complexity index is 854. The Labute approximate surface area is 161 Å². The maximum absolute atomic E-state index is 4.64. The van der Waals surface area contributed by atoms with Crippen LogP contribution in [0.5, 0.6) is 0 Å². The summed E-state index contributed by atoms with van der Waals surface area (Å²) in [7, 11) is 2.01. The van der Waals surface area contributed by atoms with Gasteiger partial charge in [-0.25, -0.2) is 4.98 Å². The summed E-state index contributed by atoms with van der Waals surface area (Å²) >= 11 is 0. The molecule has 5 nitrogen and oxygen atoms in total. The second kappa shape index (κ2) is 8.16. The summed E-state index contributed by atoms with van der Waals surface area (Å²) in [6, 6.07) is 14.5. The number of nitrogens with one attached hydrogen (secondary N) is 1. The topological polar surface area (TPSA) is 53.9 Å². The van der Waals surface area contributed by atoms with Crippen LogP contribution in [0.4, 0.5) is 17.5 Å². The molecule has 3 aromatic rings. The van der Waals surface area contributed by atoms with Crippen molar-refractivity contribution in [3.8, 4) is 0 Å². The van der Waals surface area contributed by atoms with E-state index in [1.807, 2.05) is 37.6 Å². The van der Waals surface area contributed by atoms with Crippen molar-refractivity contribution in [1.29, 1.82) is 0 Å². The zero-order valence-corrected chi connectivity index (χ0v) is 16.5. The number of likely N-dealkylation sites (N-methyl/N-ethyl adjacent to an activating group) is 1. The van der Waals surface area contributed by atoms with E-state index in [2.05, 4.69) is 70.2 Å². The van der Waals surface area contributed by atoms with E-state index >= 15 is 0 Å². The summed E-state index contributed by atoms with van der Waals surface area (Å²) in [4.78, 5) is 15.2. The molecule has 0 saturated carbocycles. The number of anilines is 3. The Hall–Kier alpha value is -2.95. The highest BCUT2D eigenvalue weighted by molar-refractivity contribution is 5.57. The minimum absolute atomic E-state index is 0.151. The van der Waals surface area contributed by atoms with Crippen molar-refractivity contribution in [2.24, 2.45) is 0 Å². The van der Waals surface area contributed by atoms with Gasteiger partial charge in [0, 0.05) is 37.9 Å². The summed E-state index contributed by atoms with van der Waals surface area (Å²) in [5.74, 6) is 1.50. The lowest BCUT2D eigenvalue weighted by atomic mass is 9.87. The van der Waals surface area contributed by atoms with Crippen molar-refractivity contribution < 1.29 is 0 Å². The van der Waals surface area contributed by atoms with Crippen LogP contribution in [-0.2, 0) is 11.8 Å². The van der Waals surface area contributed by atoms with Crippen LogP contribution in [0, 0.1) is 0 Å². The molecule has 3 rings (SSSR count). The zero-order chi connectivity index (χ0) is 19.3. The Morgan fingerprint density at radius 3 is 2.30 bits per heavy atom. The number of hydrogen-bond donors (Lipinski definition) is 1. The van der Waals surface area contributed by atoms with E-state index in [1.54, 1.807) is 6.20 Å². The monoisotopic (exact) mass is 361 g/mol. The van der Waals surface area contributed by atoms with Crippen molar-refractivity contribution in [3.05, 3.63) is 72.2 Å². The molecular formula is C22H27N5. The molecule has 0 spiro atoms.